The first kappa shape index (κ1) is 29.4. The number of rotatable bonds is 9. The zero-order chi connectivity index (χ0) is 29.1. The number of carbonyl (C=O) groups is 1. The Morgan fingerprint density at radius 2 is 1.82 bits per heavy atom. The van der Waals surface area contributed by atoms with Gasteiger partial charge in [-0.25, -0.2) is 4.99 Å². The number of carbonyl (C=O) groups excluding carboxylic acids is 1. The Kier molecular flexibility index (Phi) is 9.05. The first-order chi connectivity index (χ1) is 19.1. The van der Waals surface area contributed by atoms with Crippen LogP contribution in [0.4, 0.5) is 0 Å². The Labute approximate surface area is 242 Å². The van der Waals surface area contributed by atoms with Gasteiger partial charge in [0.1, 0.15) is 11.8 Å². The quantitative estimate of drug-likeness (QED) is 0.369. The van der Waals surface area contributed by atoms with Crippen LogP contribution in [0.5, 0.6) is 17.2 Å². The fourth-order valence-electron chi connectivity index (χ4n) is 4.79. The highest BCUT2D eigenvalue weighted by Crippen LogP contribution is 2.38. The number of methoxy groups -OCH3 is 2. The van der Waals surface area contributed by atoms with E-state index in [9.17, 15) is 9.59 Å². The molecule has 0 spiro atoms. The van der Waals surface area contributed by atoms with Crippen molar-refractivity contribution in [2.75, 3.05) is 27.3 Å². The molecule has 0 unspecified atom stereocenters. The molecule has 4 rings (SSSR count). The maximum absolute atomic E-state index is 14.0. The number of hydrogen-bond acceptors (Lipinski definition) is 7. The average molecular weight is 584 g/mol. The smallest absolute Gasteiger partial charge is 0.271 e. The van der Waals surface area contributed by atoms with Crippen LogP contribution in [-0.2, 0) is 4.79 Å². The van der Waals surface area contributed by atoms with Gasteiger partial charge in [-0.2, -0.15) is 0 Å². The highest BCUT2D eigenvalue weighted by molar-refractivity contribution is 7.07. The van der Waals surface area contributed by atoms with E-state index < -0.39 is 6.04 Å². The SMILES string of the molecule is CCN(CC)C(=O)C1=C(C)N=c2s/c(=C/c3cc(Cl)c(OC(C)C)c(OC)c3)c(=O)n2[C@@H]1c1ccccc1OC. The van der Waals surface area contributed by atoms with E-state index in [4.69, 9.17) is 30.8 Å². The zero-order valence-corrected chi connectivity index (χ0v) is 25.4. The van der Waals surface area contributed by atoms with Crippen molar-refractivity contribution in [3.05, 3.63) is 83.5 Å². The molecule has 1 aromatic heterocycles. The minimum absolute atomic E-state index is 0.0904. The third-order valence-corrected chi connectivity index (χ3v) is 7.90. The number of aromatic nitrogens is 1. The number of thiazole rings is 1. The summed E-state index contributed by atoms with van der Waals surface area (Å²) in [4.78, 5) is 34.8. The lowest BCUT2D eigenvalue weighted by atomic mass is 9.94. The van der Waals surface area contributed by atoms with E-state index in [1.807, 2.05) is 58.9 Å². The van der Waals surface area contributed by atoms with Gasteiger partial charge in [0.25, 0.3) is 11.5 Å². The summed E-state index contributed by atoms with van der Waals surface area (Å²) in [5.41, 5.74) is 2.14. The van der Waals surface area contributed by atoms with E-state index in [1.165, 1.54) is 11.3 Å². The summed E-state index contributed by atoms with van der Waals surface area (Å²) in [7, 11) is 3.12. The Morgan fingerprint density at radius 3 is 2.45 bits per heavy atom. The third kappa shape index (κ3) is 5.53. The van der Waals surface area contributed by atoms with Crippen LogP contribution >= 0.6 is 22.9 Å². The first-order valence-corrected chi connectivity index (χ1v) is 14.3. The van der Waals surface area contributed by atoms with Gasteiger partial charge in [0, 0.05) is 18.7 Å². The topological polar surface area (TPSA) is 82.4 Å². The largest absolute Gasteiger partial charge is 0.496 e. The molecule has 0 bridgehead atoms. The van der Waals surface area contributed by atoms with Crippen LogP contribution in [0.2, 0.25) is 5.02 Å². The number of fused-ring (bicyclic) bond motifs is 1. The van der Waals surface area contributed by atoms with Crippen molar-refractivity contribution < 1.29 is 19.0 Å². The Balaban J connectivity index is 1.96. The first-order valence-electron chi connectivity index (χ1n) is 13.1. The van der Waals surface area contributed by atoms with Gasteiger partial charge in [-0.15, -0.1) is 0 Å². The summed E-state index contributed by atoms with van der Waals surface area (Å²) in [6, 6.07) is 10.2. The summed E-state index contributed by atoms with van der Waals surface area (Å²) < 4.78 is 19.1. The molecule has 40 heavy (non-hydrogen) atoms. The molecule has 1 atom stereocenters. The third-order valence-electron chi connectivity index (χ3n) is 6.64. The van der Waals surface area contributed by atoms with Crippen molar-refractivity contribution in [2.45, 2.75) is 46.8 Å². The van der Waals surface area contributed by atoms with Crippen LogP contribution in [-0.4, -0.2) is 48.8 Å². The molecule has 0 saturated carbocycles. The minimum Gasteiger partial charge on any atom is -0.496 e. The standard InChI is InChI=1S/C30H34ClN3O5S/c1-8-33(9-2)29(36)25-18(5)32-30-34(26(25)20-12-10-11-13-22(20)37-6)28(35)24(40-30)16-19-14-21(31)27(39-17(3)4)23(15-19)38-7/h10-17,26H,8-9H2,1-7H3/b24-16+/t26-/m1/s1. The van der Waals surface area contributed by atoms with Gasteiger partial charge in [-0.3, -0.25) is 14.2 Å². The lowest BCUT2D eigenvalue weighted by Gasteiger charge is -2.29. The minimum atomic E-state index is -0.706. The fraction of sp³-hybridized carbons (Fsp3) is 0.367. The van der Waals surface area contributed by atoms with Gasteiger partial charge in [-0.1, -0.05) is 41.1 Å². The molecule has 0 saturated heterocycles. The van der Waals surface area contributed by atoms with Crippen LogP contribution in [0.15, 0.2) is 57.5 Å². The van der Waals surface area contributed by atoms with E-state index in [0.29, 0.717) is 67.1 Å². The molecule has 0 aliphatic carbocycles. The Bertz CT molecular complexity index is 1640. The molecule has 8 nitrogen and oxygen atoms in total. The van der Waals surface area contributed by atoms with Crippen molar-refractivity contribution in [3.8, 4) is 17.2 Å². The number of allylic oxidation sites excluding steroid dienone is 1. The highest BCUT2D eigenvalue weighted by atomic mass is 35.5. The van der Waals surface area contributed by atoms with Gasteiger partial charge in [-0.05, 0) is 64.5 Å². The molecule has 1 aliphatic heterocycles. The monoisotopic (exact) mass is 583 g/mol. The summed E-state index contributed by atoms with van der Waals surface area (Å²) >= 11 is 7.80. The fourth-order valence-corrected chi connectivity index (χ4v) is 6.10. The van der Waals surface area contributed by atoms with E-state index in [2.05, 4.69) is 0 Å². The van der Waals surface area contributed by atoms with E-state index in [-0.39, 0.29) is 17.6 Å². The lowest BCUT2D eigenvalue weighted by molar-refractivity contribution is -0.127. The number of halogens is 1. The number of likely N-dealkylation sites (N-methyl/N-ethyl adjacent to an activating group) is 1. The molecule has 1 amide bonds. The summed E-state index contributed by atoms with van der Waals surface area (Å²) in [6.07, 6.45) is 1.66. The van der Waals surface area contributed by atoms with Crippen molar-refractivity contribution in [2.24, 2.45) is 4.99 Å². The molecule has 0 N–H and O–H groups in total. The van der Waals surface area contributed by atoms with Crippen LogP contribution in [0.1, 0.15) is 51.8 Å². The van der Waals surface area contributed by atoms with Gasteiger partial charge in [0.05, 0.1) is 41.1 Å². The molecule has 2 heterocycles. The number of hydrogen-bond donors (Lipinski definition) is 0. The van der Waals surface area contributed by atoms with Gasteiger partial charge < -0.3 is 19.1 Å². The molecule has 0 fully saturated rings. The molecule has 1 aliphatic rings. The lowest BCUT2D eigenvalue weighted by Crippen LogP contribution is -2.43. The second kappa shape index (κ2) is 12.3. The maximum atomic E-state index is 14.0. The van der Waals surface area contributed by atoms with Crippen molar-refractivity contribution in [1.29, 1.82) is 0 Å². The molecule has 10 heteroatoms. The molecular weight excluding hydrogens is 550 g/mol. The molecular formula is C30H34ClN3O5S. The van der Waals surface area contributed by atoms with E-state index >= 15 is 0 Å². The van der Waals surface area contributed by atoms with Crippen LogP contribution in [0.3, 0.4) is 0 Å². The van der Waals surface area contributed by atoms with Gasteiger partial charge in [0.2, 0.25) is 0 Å². The van der Waals surface area contributed by atoms with Crippen LogP contribution in [0, 0.1) is 0 Å². The summed E-state index contributed by atoms with van der Waals surface area (Å²) in [5, 5.41) is 0.377. The van der Waals surface area contributed by atoms with Crippen LogP contribution in [0.25, 0.3) is 6.08 Å². The molecule has 0 radical (unpaired) electrons. The maximum Gasteiger partial charge on any atom is 0.271 e. The zero-order valence-electron chi connectivity index (χ0n) is 23.8. The number of benzene rings is 2. The number of amides is 1. The van der Waals surface area contributed by atoms with Crippen molar-refractivity contribution in [3.63, 3.8) is 0 Å². The molecule has 212 valence electrons. The van der Waals surface area contributed by atoms with Gasteiger partial charge >= 0.3 is 0 Å². The van der Waals surface area contributed by atoms with Crippen molar-refractivity contribution >= 4 is 34.9 Å². The second-order valence-corrected chi connectivity index (χ2v) is 10.9. The molecule has 3 aromatic rings. The van der Waals surface area contributed by atoms with Crippen molar-refractivity contribution in [1.82, 2.24) is 9.47 Å². The predicted octanol–water partition coefficient (Wildman–Crippen LogP) is 4.56. The normalized spacial score (nSPS) is 15.1. The van der Waals surface area contributed by atoms with E-state index in [1.54, 1.807) is 41.9 Å². The predicted molar refractivity (Wildman–Crippen MR) is 158 cm³/mol. The Hall–Kier alpha value is -3.56. The number of ether oxygens (including phenoxy) is 3. The number of nitrogens with zero attached hydrogens (tertiary/aromatic N) is 3. The summed E-state index contributed by atoms with van der Waals surface area (Å²) in [6.45, 7) is 10.6. The van der Waals surface area contributed by atoms with E-state index in [0.717, 1.165) is 0 Å². The number of para-hydroxylation sites is 1. The Morgan fingerprint density at radius 1 is 1.15 bits per heavy atom. The highest BCUT2D eigenvalue weighted by Gasteiger charge is 2.35. The average Bonchev–Trinajstić information content (AvgIpc) is 3.23. The van der Waals surface area contributed by atoms with Crippen LogP contribution < -0.4 is 29.1 Å². The second-order valence-electron chi connectivity index (χ2n) is 9.50. The van der Waals surface area contributed by atoms with Gasteiger partial charge in [0.15, 0.2) is 16.3 Å². The summed E-state index contributed by atoms with van der Waals surface area (Å²) in [5.74, 6) is 1.34. The molecule has 2 aromatic carbocycles.